The summed E-state index contributed by atoms with van der Waals surface area (Å²) in [4.78, 5) is 23.6. The van der Waals surface area contributed by atoms with Gasteiger partial charge in [0.2, 0.25) is 12.4 Å². The van der Waals surface area contributed by atoms with E-state index in [1.165, 1.54) is 36.4 Å². The van der Waals surface area contributed by atoms with Gasteiger partial charge in [-0.1, -0.05) is 12.1 Å². The van der Waals surface area contributed by atoms with E-state index in [-0.39, 0.29) is 23.5 Å². The number of phenolic OH excluding ortho intramolecular Hbond substituents is 3. The fourth-order valence-corrected chi connectivity index (χ4v) is 3.46. The third kappa shape index (κ3) is 6.87. The largest absolute Gasteiger partial charge is 0.504 e. The van der Waals surface area contributed by atoms with Gasteiger partial charge in [-0.05, 0) is 41.5 Å². The maximum Gasteiger partial charge on any atom is 0.345 e. The molecule has 0 spiro atoms. The zero-order valence-corrected chi connectivity index (χ0v) is 19.1. The molecule has 13 nitrogen and oxygen atoms in total. The second-order valence-electron chi connectivity index (χ2n) is 8.17. The normalized spacial score (nSPS) is 24.5. The van der Waals surface area contributed by atoms with Gasteiger partial charge in [0, 0.05) is 12.5 Å². The Labute approximate surface area is 209 Å². The van der Waals surface area contributed by atoms with Gasteiger partial charge in [0.25, 0.3) is 0 Å². The summed E-state index contributed by atoms with van der Waals surface area (Å²) < 4.78 is 15.5. The SMILES string of the molecule is O=C(/C=C/c1ccc(O[C@@H]2O[C@H](CO)[C@@H](O)[C@H](O)[C@H]2O)c(O)c1)O[C@@H](Cc1ccc(O)c(O)c1)C(=O)O. The molecule has 0 aromatic heterocycles. The van der Waals surface area contributed by atoms with Crippen molar-refractivity contribution in [2.45, 2.75) is 43.2 Å². The van der Waals surface area contributed by atoms with Crippen molar-refractivity contribution in [3.05, 3.63) is 53.6 Å². The maximum absolute atomic E-state index is 12.2. The molecule has 1 saturated heterocycles. The number of aliphatic hydroxyl groups is 4. The molecule has 8 N–H and O–H groups in total. The summed E-state index contributed by atoms with van der Waals surface area (Å²) in [6, 6.07) is 7.52. The average molecular weight is 522 g/mol. The summed E-state index contributed by atoms with van der Waals surface area (Å²) in [7, 11) is 0. The molecular formula is C24H26O13. The molecule has 3 rings (SSSR count). The van der Waals surface area contributed by atoms with Crippen LogP contribution in [0.4, 0.5) is 0 Å². The Morgan fingerprint density at radius 1 is 0.946 bits per heavy atom. The molecule has 1 aliphatic heterocycles. The van der Waals surface area contributed by atoms with Crippen molar-refractivity contribution in [2.75, 3.05) is 6.61 Å². The second-order valence-corrected chi connectivity index (χ2v) is 8.17. The van der Waals surface area contributed by atoms with Crippen LogP contribution < -0.4 is 4.74 Å². The van der Waals surface area contributed by atoms with Gasteiger partial charge in [0.15, 0.2) is 23.0 Å². The Balaban J connectivity index is 1.63. The highest BCUT2D eigenvalue weighted by atomic mass is 16.7. The van der Waals surface area contributed by atoms with Crippen molar-refractivity contribution in [2.24, 2.45) is 0 Å². The predicted octanol–water partition coefficient (Wildman–Crippen LogP) is -0.766. The molecule has 37 heavy (non-hydrogen) atoms. The fourth-order valence-electron chi connectivity index (χ4n) is 3.46. The van der Waals surface area contributed by atoms with Crippen molar-refractivity contribution in [1.29, 1.82) is 0 Å². The fraction of sp³-hybridized carbons (Fsp3) is 0.333. The Hall–Kier alpha value is -3.88. The van der Waals surface area contributed by atoms with Gasteiger partial charge in [-0.3, -0.25) is 0 Å². The van der Waals surface area contributed by atoms with Gasteiger partial charge in [-0.15, -0.1) is 0 Å². The van der Waals surface area contributed by atoms with Crippen molar-refractivity contribution >= 4 is 18.0 Å². The van der Waals surface area contributed by atoms with Gasteiger partial charge in [-0.25, -0.2) is 9.59 Å². The number of esters is 1. The van der Waals surface area contributed by atoms with Crippen LogP contribution in [0.25, 0.3) is 6.08 Å². The summed E-state index contributed by atoms with van der Waals surface area (Å²) in [5, 5.41) is 77.4. The molecule has 1 aliphatic rings. The quantitative estimate of drug-likeness (QED) is 0.115. The summed E-state index contributed by atoms with van der Waals surface area (Å²) in [6.07, 6.45) is -7.33. The van der Waals surface area contributed by atoms with Crippen LogP contribution >= 0.6 is 0 Å². The summed E-state index contributed by atoms with van der Waals surface area (Å²) in [5.41, 5.74) is 0.588. The third-order valence-electron chi connectivity index (χ3n) is 5.48. The number of carbonyl (C=O) groups excluding carboxylic acids is 1. The van der Waals surface area contributed by atoms with Gasteiger partial charge in [0.05, 0.1) is 6.61 Å². The lowest BCUT2D eigenvalue weighted by molar-refractivity contribution is -0.277. The number of phenols is 3. The highest BCUT2D eigenvalue weighted by molar-refractivity contribution is 5.89. The van der Waals surface area contributed by atoms with E-state index in [1.54, 1.807) is 0 Å². The first-order valence-electron chi connectivity index (χ1n) is 10.9. The monoisotopic (exact) mass is 522 g/mol. The van der Waals surface area contributed by atoms with E-state index in [0.717, 1.165) is 12.1 Å². The molecule has 0 unspecified atom stereocenters. The molecule has 6 atom stereocenters. The first kappa shape index (κ1) is 27.7. The van der Waals surface area contributed by atoms with E-state index >= 15 is 0 Å². The van der Waals surface area contributed by atoms with E-state index in [2.05, 4.69) is 0 Å². The predicted molar refractivity (Wildman–Crippen MR) is 123 cm³/mol. The minimum atomic E-state index is -1.68. The molecule has 1 fully saturated rings. The minimum Gasteiger partial charge on any atom is -0.504 e. The molecule has 2 aromatic carbocycles. The summed E-state index contributed by atoms with van der Waals surface area (Å²) >= 11 is 0. The Bertz CT molecular complexity index is 1150. The van der Waals surface area contributed by atoms with Crippen LogP contribution in [0.2, 0.25) is 0 Å². The molecule has 13 heteroatoms. The van der Waals surface area contributed by atoms with E-state index < -0.39 is 66.9 Å². The standard InChI is InChI=1S/C24H26O13/c25-10-18-20(30)21(31)22(32)24(37-18)36-16-5-2-11(7-15(16)28)3-6-19(29)35-17(23(33)34)9-12-1-4-13(26)14(27)8-12/h1-8,17-18,20-22,24-28,30-32H,9-10H2,(H,33,34)/b6-3+/t17-,18+,20+,21-,22+,24+/m0/s1. The van der Waals surface area contributed by atoms with Crippen LogP contribution in [0.15, 0.2) is 42.5 Å². The number of carboxylic acids is 1. The number of benzene rings is 2. The van der Waals surface area contributed by atoms with Crippen LogP contribution in [0.5, 0.6) is 23.0 Å². The Morgan fingerprint density at radius 3 is 2.30 bits per heavy atom. The molecule has 2 aromatic rings. The Kier molecular flexibility index (Phi) is 8.91. The van der Waals surface area contributed by atoms with Crippen LogP contribution in [0.1, 0.15) is 11.1 Å². The number of aliphatic carboxylic acids is 1. The lowest BCUT2D eigenvalue weighted by Gasteiger charge is -2.39. The van der Waals surface area contributed by atoms with E-state index in [0.29, 0.717) is 5.56 Å². The van der Waals surface area contributed by atoms with Gasteiger partial charge in [0.1, 0.15) is 24.4 Å². The van der Waals surface area contributed by atoms with Crippen molar-refractivity contribution < 1.29 is 64.7 Å². The van der Waals surface area contributed by atoms with Crippen LogP contribution in [0.3, 0.4) is 0 Å². The number of ether oxygens (including phenoxy) is 3. The van der Waals surface area contributed by atoms with Crippen LogP contribution in [0, 0.1) is 0 Å². The molecule has 200 valence electrons. The molecule has 1 heterocycles. The van der Waals surface area contributed by atoms with Gasteiger partial charge in [-0.2, -0.15) is 0 Å². The van der Waals surface area contributed by atoms with E-state index in [9.17, 15) is 50.4 Å². The number of rotatable bonds is 9. The topological polar surface area (TPSA) is 224 Å². The lowest BCUT2D eigenvalue weighted by Crippen LogP contribution is -2.60. The third-order valence-corrected chi connectivity index (χ3v) is 5.48. The smallest absolute Gasteiger partial charge is 0.345 e. The summed E-state index contributed by atoms with van der Waals surface area (Å²) in [5.74, 6) is -3.89. The van der Waals surface area contributed by atoms with Crippen LogP contribution in [-0.2, 0) is 25.5 Å². The van der Waals surface area contributed by atoms with Crippen molar-refractivity contribution in [3.63, 3.8) is 0 Å². The molecule has 0 amide bonds. The number of hydrogen-bond acceptors (Lipinski definition) is 12. The van der Waals surface area contributed by atoms with Gasteiger partial charge >= 0.3 is 11.9 Å². The number of carbonyl (C=O) groups is 2. The maximum atomic E-state index is 12.2. The molecule has 0 bridgehead atoms. The van der Waals surface area contributed by atoms with Crippen molar-refractivity contribution in [1.82, 2.24) is 0 Å². The van der Waals surface area contributed by atoms with Crippen LogP contribution in [-0.4, -0.2) is 96.2 Å². The Morgan fingerprint density at radius 2 is 1.68 bits per heavy atom. The second kappa shape index (κ2) is 11.9. The zero-order chi connectivity index (χ0) is 27.3. The average Bonchev–Trinajstić information content (AvgIpc) is 2.86. The lowest BCUT2D eigenvalue weighted by atomic mass is 9.99. The van der Waals surface area contributed by atoms with Gasteiger partial charge < -0.3 is 55.1 Å². The molecular weight excluding hydrogens is 496 g/mol. The minimum absolute atomic E-state index is 0.174. The van der Waals surface area contributed by atoms with Crippen molar-refractivity contribution in [3.8, 4) is 23.0 Å². The first-order valence-corrected chi connectivity index (χ1v) is 10.9. The first-order chi connectivity index (χ1) is 17.5. The molecule has 0 radical (unpaired) electrons. The van der Waals surface area contributed by atoms with E-state index in [1.807, 2.05) is 0 Å². The summed E-state index contributed by atoms with van der Waals surface area (Å²) in [6.45, 7) is -0.656. The number of aliphatic hydroxyl groups excluding tert-OH is 4. The highest BCUT2D eigenvalue weighted by Crippen LogP contribution is 2.31. The number of hydrogen-bond donors (Lipinski definition) is 8. The number of carboxylic acid groups (broad SMARTS) is 1. The zero-order valence-electron chi connectivity index (χ0n) is 19.1. The van der Waals surface area contributed by atoms with E-state index in [4.69, 9.17) is 14.2 Å². The number of aromatic hydroxyl groups is 3. The molecule has 0 saturated carbocycles. The highest BCUT2D eigenvalue weighted by Gasteiger charge is 2.44. The molecule has 0 aliphatic carbocycles.